The number of alkyl halides is 2. The van der Waals surface area contributed by atoms with Crippen LogP contribution in [-0.4, -0.2) is 147 Å². The topological polar surface area (TPSA) is 364 Å². The first-order valence-electron chi connectivity index (χ1n) is 27.9. The van der Waals surface area contributed by atoms with E-state index in [1.807, 2.05) is 0 Å². The van der Waals surface area contributed by atoms with Crippen LogP contribution in [0.15, 0.2) is 67.3 Å². The Kier molecular flexibility index (Phi) is 18.9. The number of anilines is 2. The molecule has 14 atom stereocenters. The lowest BCUT2D eigenvalue weighted by molar-refractivity contribution is -0.156. The van der Waals surface area contributed by atoms with E-state index in [-0.39, 0.29) is 76.6 Å². The molecule has 3 fully saturated rings. The van der Waals surface area contributed by atoms with Gasteiger partial charge in [-0.2, -0.15) is 30.1 Å². The SMILES string of the molecule is CCOc1nc(N)nc2c1ncn2[C@@H]1O[C@H](COP(=O)(NC(C)C(=O)OC2CCCCC2c2ccc(OP(=O)(NC(C)C(=O)OC(C)(C)C)OC[C@H]3O[C@@H](n4cnc5c(OCC)nc(N)nc54)[C@](C)(O)[C@@H]3F)cc2)Oc2ccccc2)[C@@H](F)[C@@]1(C)O. The molecule has 4 aromatic heterocycles. The summed E-state index contributed by atoms with van der Waals surface area (Å²) < 4.78 is 123. The fourth-order valence-corrected chi connectivity index (χ4v) is 13.2. The first kappa shape index (κ1) is 63.8. The summed E-state index contributed by atoms with van der Waals surface area (Å²) in [7, 11) is -9.29. The molecule has 0 bridgehead atoms. The number of nitrogen functional groups attached to an aromatic ring is 2. The number of esters is 2. The Hall–Kier alpha value is -6.72. The number of imidazole rings is 2. The Morgan fingerprint density at radius 1 is 0.721 bits per heavy atom. The number of aliphatic hydroxyl groups is 2. The number of nitrogens with one attached hydrogen (secondary N) is 2. The van der Waals surface area contributed by atoms with Crippen molar-refractivity contribution in [3.8, 4) is 23.3 Å². The summed E-state index contributed by atoms with van der Waals surface area (Å²) in [5.41, 5.74) is 7.75. The van der Waals surface area contributed by atoms with Crippen LogP contribution in [-0.2, 0) is 46.7 Å². The predicted octanol–water partition coefficient (Wildman–Crippen LogP) is 6.88. The van der Waals surface area contributed by atoms with E-state index in [9.17, 15) is 28.9 Å². The van der Waals surface area contributed by atoms with E-state index in [1.165, 1.54) is 73.7 Å². The second-order valence-electron chi connectivity index (χ2n) is 22.3. The number of benzene rings is 2. The Morgan fingerprint density at radius 2 is 1.17 bits per heavy atom. The second-order valence-corrected chi connectivity index (χ2v) is 25.7. The number of nitrogens with two attached hydrogens (primary N) is 2. The molecule has 468 valence electrons. The Balaban J connectivity index is 0.876. The van der Waals surface area contributed by atoms with Crippen LogP contribution in [0, 0.1) is 0 Å². The van der Waals surface area contributed by atoms with Gasteiger partial charge >= 0.3 is 27.4 Å². The highest BCUT2D eigenvalue weighted by molar-refractivity contribution is 7.52. The van der Waals surface area contributed by atoms with E-state index < -0.39 is 113 Å². The molecule has 2 saturated heterocycles. The van der Waals surface area contributed by atoms with Gasteiger partial charge in [0.1, 0.15) is 58.7 Å². The normalized spacial score (nSPS) is 27.2. The van der Waals surface area contributed by atoms with Crippen molar-refractivity contribution in [2.75, 3.05) is 37.9 Å². The van der Waals surface area contributed by atoms with E-state index in [4.69, 9.17) is 58.0 Å². The molecule has 2 aliphatic heterocycles. The van der Waals surface area contributed by atoms with Gasteiger partial charge in [0.05, 0.1) is 39.1 Å². The summed E-state index contributed by atoms with van der Waals surface area (Å²) in [6, 6.07) is 11.6. The van der Waals surface area contributed by atoms with Gasteiger partial charge < -0.3 is 59.1 Å². The number of fused-ring (bicyclic) bond motifs is 2. The van der Waals surface area contributed by atoms with Crippen molar-refractivity contribution < 1.29 is 84.2 Å². The third kappa shape index (κ3) is 14.0. The zero-order chi connectivity index (χ0) is 62.1. The van der Waals surface area contributed by atoms with Crippen LogP contribution in [0.3, 0.4) is 0 Å². The number of halogens is 2. The molecule has 1 aliphatic carbocycles. The quantitative estimate of drug-likeness (QED) is 0.0266. The zero-order valence-corrected chi connectivity index (χ0v) is 50.6. The van der Waals surface area contributed by atoms with Crippen LogP contribution >= 0.6 is 15.5 Å². The van der Waals surface area contributed by atoms with Crippen LogP contribution in [0.2, 0.25) is 0 Å². The van der Waals surface area contributed by atoms with Gasteiger partial charge in [0.25, 0.3) is 0 Å². The number of hydrogen-bond acceptors (Lipinski definition) is 24. The molecule has 6 heterocycles. The minimum Gasteiger partial charge on any atom is -0.476 e. The molecule has 28 nitrogen and oxygen atoms in total. The summed E-state index contributed by atoms with van der Waals surface area (Å²) in [5, 5.41) is 28.3. The number of para-hydroxylation sites is 1. The number of rotatable bonds is 24. The zero-order valence-electron chi connectivity index (χ0n) is 48.8. The van der Waals surface area contributed by atoms with E-state index >= 15 is 8.78 Å². The predicted molar refractivity (Wildman–Crippen MR) is 304 cm³/mol. The molecule has 1 saturated carbocycles. The number of carbonyl (C=O) groups excluding carboxylic acids is 2. The third-order valence-electron chi connectivity index (χ3n) is 14.4. The number of ether oxygens (including phenoxy) is 6. The van der Waals surface area contributed by atoms with E-state index in [1.54, 1.807) is 65.0 Å². The Bertz CT molecular complexity index is 3470. The molecular formula is C54H72F2N12O16P2. The minimum absolute atomic E-state index is 0.00844. The summed E-state index contributed by atoms with van der Waals surface area (Å²) in [4.78, 5) is 52.4. The summed E-state index contributed by atoms with van der Waals surface area (Å²) in [5.74, 6) is -2.13. The molecule has 0 amide bonds. The van der Waals surface area contributed by atoms with Crippen molar-refractivity contribution in [3.63, 3.8) is 0 Å². The first-order chi connectivity index (χ1) is 40.6. The smallest absolute Gasteiger partial charge is 0.459 e. The molecule has 8 N–H and O–H groups in total. The van der Waals surface area contributed by atoms with E-state index in [2.05, 4.69) is 40.1 Å². The average Bonchev–Trinajstić information content (AvgIpc) is 1.70. The number of aromatic nitrogens is 8. The van der Waals surface area contributed by atoms with Crippen LogP contribution in [0.4, 0.5) is 20.7 Å². The maximum absolute atomic E-state index is 16.3. The van der Waals surface area contributed by atoms with Crippen LogP contribution in [0.5, 0.6) is 23.3 Å². The van der Waals surface area contributed by atoms with Gasteiger partial charge in [0, 0.05) is 5.92 Å². The molecule has 0 spiro atoms. The van der Waals surface area contributed by atoms with Gasteiger partial charge in [-0.05, 0) is 111 Å². The van der Waals surface area contributed by atoms with Crippen molar-refractivity contribution in [1.82, 2.24) is 49.2 Å². The van der Waals surface area contributed by atoms with Gasteiger partial charge in [-0.15, -0.1) is 0 Å². The summed E-state index contributed by atoms with van der Waals surface area (Å²) in [6.07, 6.45) is -5.96. The minimum atomic E-state index is -4.68. The van der Waals surface area contributed by atoms with Gasteiger partial charge in [-0.1, -0.05) is 36.8 Å². The number of carbonyl (C=O) groups is 2. The number of hydrogen-bond donors (Lipinski definition) is 6. The van der Waals surface area contributed by atoms with E-state index in [0.29, 0.717) is 24.8 Å². The lowest BCUT2D eigenvalue weighted by Gasteiger charge is -2.33. The molecule has 86 heavy (non-hydrogen) atoms. The third-order valence-corrected chi connectivity index (χ3v) is 17.7. The summed E-state index contributed by atoms with van der Waals surface area (Å²) >= 11 is 0. The average molecular weight is 1250 g/mol. The molecular weight excluding hydrogens is 1170 g/mol. The maximum atomic E-state index is 16.3. The molecule has 32 heteroatoms. The van der Waals surface area contributed by atoms with Crippen molar-refractivity contribution in [2.24, 2.45) is 0 Å². The molecule has 6 unspecified atom stereocenters. The molecule has 2 aromatic carbocycles. The maximum Gasteiger partial charge on any atom is 0.459 e. The van der Waals surface area contributed by atoms with Crippen molar-refractivity contribution in [2.45, 2.75) is 166 Å². The van der Waals surface area contributed by atoms with Gasteiger partial charge in [0.2, 0.25) is 23.7 Å². The first-order valence-corrected chi connectivity index (χ1v) is 31.0. The Morgan fingerprint density at radius 3 is 1.64 bits per heavy atom. The van der Waals surface area contributed by atoms with Crippen molar-refractivity contribution >= 4 is 61.7 Å². The van der Waals surface area contributed by atoms with Crippen LogP contribution in [0.25, 0.3) is 22.3 Å². The van der Waals surface area contributed by atoms with Gasteiger partial charge in [-0.25, -0.2) is 27.9 Å². The van der Waals surface area contributed by atoms with Crippen molar-refractivity contribution in [1.29, 1.82) is 0 Å². The van der Waals surface area contributed by atoms with E-state index in [0.717, 1.165) is 6.42 Å². The second kappa shape index (κ2) is 25.5. The van der Waals surface area contributed by atoms with Crippen molar-refractivity contribution in [3.05, 3.63) is 72.8 Å². The highest BCUT2D eigenvalue weighted by Crippen LogP contribution is 2.51. The Labute approximate surface area is 493 Å². The highest BCUT2D eigenvalue weighted by atomic mass is 31.2. The lowest BCUT2D eigenvalue weighted by Crippen LogP contribution is -2.42. The molecule has 0 radical (unpaired) electrons. The largest absolute Gasteiger partial charge is 0.476 e. The fraction of sp³-hybridized carbons (Fsp3) is 0.556. The monoisotopic (exact) mass is 1240 g/mol. The standard InChI is InChI=1S/C54H72F2N12O16P2/c1-10-75-44-38-42(61-50(57)63-44)67(27-59-38)48-53(8,71)40(55)36(80-48)25-77-85(73,83-32-17-13-12-14-18-32)65-29(3)46(69)79-35-20-16-15-19-34(35)31-21-23-33(24-22-31)84-86(74,66-30(4)47(70)82-52(5,6)7)78-26-37-41(56)54(9,72)49(81-37)68-28-60-39-43(68)62-51(58)64-45(39)76-11-2/h12-14,17-18,21-24,27-30,34-37,40-41,48-49,71-72H,10-11,15-16,19-20,25-26H2,1-9H3,(H,65,73)(H,66,74)(H2,57,61,63)(H2,58,62,64)/t29?,30?,34?,35?,36-,37-,40-,41-,48-,49-,53-,54-,85?,86?/m1/s1. The van der Waals surface area contributed by atoms with Crippen LogP contribution < -0.4 is 40.2 Å². The number of nitrogens with zero attached hydrogens (tertiary/aromatic N) is 8. The lowest BCUT2D eigenvalue weighted by atomic mass is 9.81. The van der Waals surface area contributed by atoms with Crippen LogP contribution in [0.1, 0.15) is 112 Å². The molecule has 9 rings (SSSR count). The van der Waals surface area contributed by atoms with Gasteiger partial charge in [-0.3, -0.25) is 27.8 Å². The molecule has 3 aliphatic rings. The van der Waals surface area contributed by atoms with Gasteiger partial charge in [0.15, 0.2) is 47.1 Å². The highest BCUT2D eigenvalue weighted by Gasteiger charge is 2.57. The fourth-order valence-electron chi connectivity index (χ4n) is 10.2. The molecule has 6 aromatic rings. The summed E-state index contributed by atoms with van der Waals surface area (Å²) in [6.45, 7) is 12.6.